The average molecular weight is 321 g/mol. The molecular weight excluding hydrogens is 303 g/mol. The van der Waals surface area contributed by atoms with Gasteiger partial charge in [-0.2, -0.15) is 0 Å². The number of rotatable bonds is 6. The molecule has 0 amide bonds. The molecule has 0 radical (unpaired) electrons. The largest absolute Gasteiger partial charge is 0.488 e. The molecule has 20 heavy (non-hydrogen) atoms. The molecule has 1 aliphatic heterocycles. The lowest BCUT2D eigenvalue weighted by atomic mass is 10.3. The van der Waals surface area contributed by atoms with Gasteiger partial charge in [0.25, 0.3) is 0 Å². The van der Waals surface area contributed by atoms with E-state index in [0.717, 1.165) is 13.1 Å². The fraction of sp³-hybridized carbons (Fsp3) is 0.538. The molecule has 0 bridgehead atoms. The number of morpholine rings is 1. The van der Waals surface area contributed by atoms with Crippen LogP contribution >= 0.6 is 23.2 Å². The number of hydrogen-bond donors (Lipinski definition) is 2. The van der Waals surface area contributed by atoms with E-state index in [-0.39, 0.29) is 6.61 Å². The molecule has 1 fully saturated rings. The van der Waals surface area contributed by atoms with Crippen LogP contribution in [0.3, 0.4) is 0 Å². The molecular formula is C13H18Cl2N2O3. The highest BCUT2D eigenvalue weighted by atomic mass is 35.5. The zero-order chi connectivity index (χ0) is 14.4. The van der Waals surface area contributed by atoms with Crippen LogP contribution in [0.2, 0.25) is 10.0 Å². The summed E-state index contributed by atoms with van der Waals surface area (Å²) in [5.74, 6) is 0.404. The molecule has 5 nitrogen and oxygen atoms in total. The van der Waals surface area contributed by atoms with E-state index >= 15 is 0 Å². The molecule has 112 valence electrons. The Kier molecular flexibility index (Phi) is 6.35. The second kappa shape index (κ2) is 8.02. The molecule has 7 heteroatoms. The van der Waals surface area contributed by atoms with E-state index in [1.165, 1.54) is 0 Å². The van der Waals surface area contributed by atoms with Gasteiger partial charge in [-0.15, -0.1) is 0 Å². The van der Waals surface area contributed by atoms with Crippen molar-refractivity contribution in [2.24, 2.45) is 0 Å². The van der Waals surface area contributed by atoms with Gasteiger partial charge in [-0.05, 0) is 12.1 Å². The van der Waals surface area contributed by atoms with Crippen LogP contribution in [0.25, 0.3) is 0 Å². The maximum absolute atomic E-state index is 9.89. The highest BCUT2D eigenvalue weighted by Gasteiger charge is 2.13. The molecule has 1 unspecified atom stereocenters. The fourth-order valence-electron chi connectivity index (χ4n) is 1.81. The Bertz CT molecular complexity index is 408. The number of benzene rings is 1. The summed E-state index contributed by atoms with van der Waals surface area (Å²) in [4.78, 5) is 0. The monoisotopic (exact) mass is 320 g/mol. The van der Waals surface area contributed by atoms with Crippen molar-refractivity contribution in [1.29, 1.82) is 0 Å². The van der Waals surface area contributed by atoms with Crippen molar-refractivity contribution in [2.75, 3.05) is 39.5 Å². The van der Waals surface area contributed by atoms with Crippen molar-refractivity contribution < 1.29 is 14.6 Å². The van der Waals surface area contributed by atoms with Gasteiger partial charge in [0.1, 0.15) is 12.7 Å². The highest BCUT2D eigenvalue weighted by molar-refractivity contribution is 6.37. The van der Waals surface area contributed by atoms with Gasteiger partial charge >= 0.3 is 0 Å². The van der Waals surface area contributed by atoms with Crippen LogP contribution in [-0.4, -0.2) is 55.7 Å². The van der Waals surface area contributed by atoms with Crippen LogP contribution in [0.15, 0.2) is 18.2 Å². The number of para-hydroxylation sites is 1. The molecule has 1 aromatic carbocycles. The Morgan fingerprint density at radius 2 is 1.95 bits per heavy atom. The lowest BCUT2D eigenvalue weighted by molar-refractivity contribution is -0.000782. The van der Waals surface area contributed by atoms with Gasteiger partial charge in [0.05, 0.1) is 23.3 Å². The maximum atomic E-state index is 9.89. The predicted molar refractivity (Wildman–Crippen MR) is 78.4 cm³/mol. The Morgan fingerprint density at radius 1 is 1.30 bits per heavy atom. The van der Waals surface area contributed by atoms with Crippen LogP contribution in [-0.2, 0) is 4.74 Å². The Balaban J connectivity index is 1.73. The van der Waals surface area contributed by atoms with Crippen LogP contribution in [0.4, 0.5) is 0 Å². The highest BCUT2D eigenvalue weighted by Crippen LogP contribution is 2.32. The Labute approximate surface area is 128 Å². The predicted octanol–water partition coefficient (Wildman–Crippen LogP) is 1.57. The quantitative estimate of drug-likeness (QED) is 0.833. The number of aliphatic hydroxyl groups is 1. The SMILES string of the molecule is OC(CNN1CCOCC1)COc1c(Cl)cccc1Cl. The molecule has 0 spiro atoms. The second-order valence-electron chi connectivity index (χ2n) is 4.48. The van der Waals surface area contributed by atoms with Gasteiger partial charge in [0.15, 0.2) is 5.75 Å². The van der Waals surface area contributed by atoms with E-state index in [4.69, 9.17) is 32.7 Å². The Hall–Kier alpha value is -0.560. The average Bonchev–Trinajstić information content (AvgIpc) is 2.46. The molecule has 1 aromatic rings. The van der Waals surface area contributed by atoms with E-state index in [1.807, 2.05) is 5.01 Å². The van der Waals surface area contributed by atoms with E-state index in [1.54, 1.807) is 18.2 Å². The number of nitrogens with zero attached hydrogens (tertiary/aromatic N) is 1. The molecule has 1 saturated heterocycles. The van der Waals surface area contributed by atoms with Gasteiger partial charge in [0.2, 0.25) is 0 Å². The molecule has 2 N–H and O–H groups in total. The summed E-state index contributed by atoms with van der Waals surface area (Å²) in [6.07, 6.45) is -0.648. The number of ether oxygens (including phenoxy) is 2. The third-order valence-electron chi connectivity index (χ3n) is 2.90. The summed E-state index contributed by atoms with van der Waals surface area (Å²) in [5.41, 5.74) is 3.14. The summed E-state index contributed by atoms with van der Waals surface area (Å²) in [7, 11) is 0. The summed E-state index contributed by atoms with van der Waals surface area (Å²) >= 11 is 12.0. The topological polar surface area (TPSA) is 54.0 Å². The molecule has 1 aliphatic rings. The standard InChI is InChI=1S/C13H18Cl2N2O3/c14-11-2-1-3-12(15)13(11)20-9-10(18)8-16-17-4-6-19-7-5-17/h1-3,10,16,18H,4-9H2. The van der Waals surface area contributed by atoms with Gasteiger partial charge in [-0.25, -0.2) is 5.01 Å². The minimum atomic E-state index is -0.648. The van der Waals surface area contributed by atoms with E-state index in [9.17, 15) is 5.11 Å². The lowest BCUT2D eigenvalue weighted by Crippen LogP contribution is -2.48. The van der Waals surface area contributed by atoms with Crippen LogP contribution < -0.4 is 10.2 Å². The fourth-order valence-corrected chi connectivity index (χ4v) is 2.32. The molecule has 0 saturated carbocycles. The van der Waals surface area contributed by atoms with Crippen molar-refractivity contribution in [3.05, 3.63) is 28.2 Å². The van der Waals surface area contributed by atoms with Crippen molar-refractivity contribution >= 4 is 23.2 Å². The first-order chi connectivity index (χ1) is 9.66. The number of hydrazine groups is 1. The minimum absolute atomic E-state index is 0.126. The summed E-state index contributed by atoms with van der Waals surface area (Å²) in [6.45, 7) is 3.56. The van der Waals surface area contributed by atoms with Crippen LogP contribution in [0.1, 0.15) is 0 Å². The van der Waals surface area contributed by atoms with Crippen molar-refractivity contribution in [2.45, 2.75) is 6.10 Å². The normalized spacial score (nSPS) is 17.9. The van der Waals surface area contributed by atoms with Gasteiger partial charge in [-0.1, -0.05) is 29.3 Å². The smallest absolute Gasteiger partial charge is 0.156 e. The molecule has 1 atom stereocenters. The summed E-state index contributed by atoms with van der Waals surface area (Å²) < 4.78 is 10.7. The first-order valence-electron chi connectivity index (χ1n) is 6.48. The van der Waals surface area contributed by atoms with Crippen molar-refractivity contribution in [3.8, 4) is 5.75 Å². The molecule has 1 heterocycles. The molecule has 2 rings (SSSR count). The van der Waals surface area contributed by atoms with Gasteiger partial charge in [-0.3, -0.25) is 5.43 Å². The number of halogens is 2. The number of nitrogens with one attached hydrogen (secondary N) is 1. The first kappa shape index (κ1) is 15.8. The number of hydrogen-bond acceptors (Lipinski definition) is 5. The van der Waals surface area contributed by atoms with Gasteiger partial charge < -0.3 is 14.6 Å². The summed E-state index contributed by atoms with van der Waals surface area (Å²) in [5, 5.41) is 12.8. The minimum Gasteiger partial charge on any atom is -0.488 e. The van der Waals surface area contributed by atoms with Crippen LogP contribution in [0.5, 0.6) is 5.75 Å². The third-order valence-corrected chi connectivity index (χ3v) is 3.50. The van der Waals surface area contributed by atoms with Crippen LogP contribution in [0, 0.1) is 0 Å². The second-order valence-corrected chi connectivity index (χ2v) is 5.29. The Morgan fingerprint density at radius 3 is 2.60 bits per heavy atom. The third kappa shape index (κ3) is 4.77. The van der Waals surface area contributed by atoms with E-state index in [2.05, 4.69) is 5.43 Å². The van der Waals surface area contributed by atoms with Crippen molar-refractivity contribution in [1.82, 2.24) is 10.4 Å². The van der Waals surface area contributed by atoms with E-state index < -0.39 is 6.10 Å². The van der Waals surface area contributed by atoms with Crippen molar-refractivity contribution in [3.63, 3.8) is 0 Å². The zero-order valence-electron chi connectivity index (χ0n) is 11.0. The maximum Gasteiger partial charge on any atom is 0.156 e. The lowest BCUT2D eigenvalue weighted by Gasteiger charge is -2.28. The first-order valence-corrected chi connectivity index (χ1v) is 7.23. The summed E-state index contributed by atoms with van der Waals surface area (Å²) in [6, 6.07) is 5.14. The zero-order valence-corrected chi connectivity index (χ0v) is 12.5. The number of aliphatic hydroxyl groups excluding tert-OH is 1. The molecule has 0 aromatic heterocycles. The molecule has 0 aliphatic carbocycles. The van der Waals surface area contributed by atoms with E-state index in [0.29, 0.717) is 35.6 Å². The van der Waals surface area contributed by atoms with Gasteiger partial charge in [0, 0.05) is 19.6 Å².